The molecular weight excluding hydrogens is 254 g/mol. The number of carbonyl (C=O) groups is 1. The second-order valence-corrected chi connectivity index (χ2v) is 4.01. The molecule has 0 amide bonds. The first-order valence-corrected chi connectivity index (χ1v) is 5.38. The average Bonchev–Trinajstić information content (AvgIpc) is 2.65. The van der Waals surface area contributed by atoms with Crippen molar-refractivity contribution in [2.24, 2.45) is 7.05 Å². The average molecular weight is 262 g/mol. The zero-order chi connectivity index (χ0) is 13.3. The lowest BCUT2D eigenvalue weighted by Crippen LogP contribution is -2.05. The molecule has 0 saturated heterocycles. The molecule has 18 heavy (non-hydrogen) atoms. The minimum atomic E-state index is -1.13. The SMILES string of the molecule is Cn1nc(-c2ccc(C#N)cc2)c(Cl)c1C(=O)O. The quantitative estimate of drug-likeness (QED) is 0.900. The van der Waals surface area contributed by atoms with Gasteiger partial charge in [-0.15, -0.1) is 0 Å². The standard InChI is InChI=1S/C12H8ClN3O2/c1-16-11(12(17)18)9(13)10(15-16)8-4-2-7(6-14)3-5-8/h2-5H,1H3,(H,17,18). The molecule has 0 unspecified atom stereocenters. The Labute approximate surface area is 108 Å². The summed E-state index contributed by atoms with van der Waals surface area (Å²) in [5.74, 6) is -1.13. The van der Waals surface area contributed by atoms with E-state index in [2.05, 4.69) is 5.10 Å². The second-order valence-electron chi connectivity index (χ2n) is 3.63. The maximum atomic E-state index is 11.0. The topological polar surface area (TPSA) is 78.9 Å². The van der Waals surface area contributed by atoms with Crippen molar-refractivity contribution < 1.29 is 9.90 Å². The minimum Gasteiger partial charge on any atom is -0.476 e. The zero-order valence-electron chi connectivity index (χ0n) is 9.38. The highest BCUT2D eigenvalue weighted by Gasteiger charge is 2.20. The van der Waals surface area contributed by atoms with Crippen LogP contribution < -0.4 is 0 Å². The number of aromatic carboxylic acids is 1. The molecule has 90 valence electrons. The fourth-order valence-corrected chi connectivity index (χ4v) is 1.97. The van der Waals surface area contributed by atoms with Gasteiger partial charge in [-0.1, -0.05) is 23.7 Å². The summed E-state index contributed by atoms with van der Waals surface area (Å²) in [7, 11) is 1.52. The van der Waals surface area contributed by atoms with Gasteiger partial charge < -0.3 is 5.11 Å². The highest BCUT2D eigenvalue weighted by atomic mass is 35.5. The molecule has 0 spiro atoms. The number of nitriles is 1. The van der Waals surface area contributed by atoms with E-state index in [0.29, 0.717) is 16.8 Å². The number of rotatable bonds is 2. The van der Waals surface area contributed by atoms with E-state index in [1.54, 1.807) is 24.3 Å². The maximum Gasteiger partial charge on any atom is 0.355 e. The van der Waals surface area contributed by atoms with Crippen LogP contribution in [0.15, 0.2) is 24.3 Å². The summed E-state index contributed by atoms with van der Waals surface area (Å²) in [5.41, 5.74) is 1.52. The Morgan fingerprint density at radius 3 is 2.50 bits per heavy atom. The predicted octanol–water partition coefficient (Wildman–Crippen LogP) is 2.31. The number of benzene rings is 1. The number of carboxylic acid groups (broad SMARTS) is 1. The first-order valence-electron chi connectivity index (χ1n) is 5.01. The fraction of sp³-hybridized carbons (Fsp3) is 0.0833. The van der Waals surface area contributed by atoms with Crippen LogP contribution in [0.4, 0.5) is 0 Å². The molecule has 1 aromatic heterocycles. The summed E-state index contributed by atoms with van der Waals surface area (Å²) in [6.45, 7) is 0. The molecule has 2 aromatic rings. The normalized spacial score (nSPS) is 10.1. The summed E-state index contributed by atoms with van der Waals surface area (Å²) < 4.78 is 1.22. The van der Waals surface area contributed by atoms with Gasteiger partial charge in [-0.3, -0.25) is 4.68 Å². The molecule has 6 heteroatoms. The van der Waals surface area contributed by atoms with Crippen LogP contribution in [-0.2, 0) is 7.05 Å². The number of hydrogen-bond acceptors (Lipinski definition) is 3. The Morgan fingerprint density at radius 1 is 1.44 bits per heavy atom. The molecule has 0 radical (unpaired) electrons. The molecule has 1 aromatic carbocycles. The van der Waals surface area contributed by atoms with Crippen LogP contribution in [0.5, 0.6) is 0 Å². The van der Waals surface area contributed by atoms with Crippen LogP contribution in [0.1, 0.15) is 16.1 Å². The first kappa shape index (κ1) is 12.1. The number of nitrogens with zero attached hydrogens (tertiary/aromatic N) is 3. The maximum absolute atomic E-state index is 11.0. The highest BCUT2D eigenvalue weighted by Crippen LogP contribution is 2.29. The summed E-state index contributed by atoms with van der Waals surface area (Å²) >= 11 is 6.00. The van der Waals surface area contributed by atoms with Gasteiger partial charge in [0.05, 0.1) is 11.6 Å². The van der Waals surface area contributed by atoms with Crippen LogP contribution in [0.3, 0.4) is 0 Å². The third kappa shape index (κ3) is 1.94. The fourth-order valence-electron chi connectivity index (χ4n) is 1.62. The lowest BCUT2D eigenvalue weighted by molar-refractivity contribution is 0.0685. The third-order valence-electron chi connectivity index (χ3n) is 2.48. The molecule has 0 saturated carbocycles. The van der Waals surface area contributed by atoms with Gasteiger partial charge in [0, 0.05) is 12.6 Å². The second kappa shape index (κ2) is 4.51. The van der Waals surface area contributed by atoms with E-state index in [0.717, 1.165) is 0 Å². The smallest absolute Gasteiger partial charge is 0.355 e. The van der Waals surface area contributed by atoms with E-state index >= 15 is 0 Å². The van der Waals surface area contributed by atoms with Crippen molar-refractivity contribution in [3.63, 3.8) is 0 Å². The Balaban J connectivity index is 2.55. The van der Waals surface area contributed by atoms with Crippen molar-refractivity contribution in [1.82, 2.24) is 9.78 Å². The summed E-state index contributed by atoms with van der Waals surface area (Å²) in [6, 6.07) is 8.61. The van der Waals surface area contributed by atoms with Crippen LogP contribution in [0.2, 0.25) is 5.02 Å². The van der Waals surface area contributed by atoms with E-state index in [9.17, 15) is 4.79 Å². The van der Waals surface area contributed by atoms with Crippen molar-refractivity contribution in [3.05, 3.63) is 40.5 Å². The van der Waals surface area contributed by atoms with Crippen LogP contribution in [-0.4, -0.2) is 20.9 Å². The summed E-state index contributed by atoms with van der Waals surface area (Å²) in [6.07, 6.45) is 0. The summed E-state index contributed by atoms with van der Waals surface area (Å²) in [4.78, 5) is 11.0. The number of halogens is 1. The zero-order valence-corrected chi connectivity index (χ0v) is 10.1. The Hall–Kier alpha value is -2.32. The molecule has 1 heterocycles. The first-order chi connectivity index (χ1) is 8.54. The molecule has 1 N–H and O–H groups in total. The van der Waals surface area contributed by atoms with Gasteiger partial charge in [0.15, 0.2) is 5.69 Å². The van der Waals surface area contributed by atoms with E-state index in [4.69, 9.17) is 22.0 Å². The van der Waals surface area contributed by atoms with Crippen molar-refractivity contribution in [2.45, 2.75) is 0 Å². The largest absolute Gasteiger partial charge is 0.476 e. The number of carboxylic acids is 1. The van der Waals surface area contributed by atoms with Gasteiger partial charge in [0.1, 0.15) is 10.7 Å². The van der Waals surface area contributed by atoms with Gasteiger partial charge in [0.25, 0.3) is 0 Å². The molecular formula is C12H8ClN3O2. The van der Waals surface area contributed by atoms with Gasteiger partial charge >= 0.3 is 5.97 Å². The number of aromatic nitrogens is 2. The van der Waals surface area contributed by atoms with Gasteiger partial charge in [-0.25, -0.2) is 4.79 Å². The van der Waals surface area contributed by atoms with Gasteiger partial charge in [-0.2, -0.15) is 10.4 Å². The molecule has 0 aliphatic heterocycles. The Bertz CT molecular complexity index is 653. The lowest BCUT2D eigenvalue weighted by Gasteiger charge is -1.97. The summed E-state index contributed by atoms with van der Waals surface area (Å²) in [5, 5.41) is 21.9. The van der Waals surface area contributed by atoms with E-state index in [1.807, 2.05) is 6.07 Å². The molecule has 0 atom stereocenters. The number of aryl methyl sites for hydroxylation is 1. The van der Waals surface area contributed by atoms with Crippen molar-refractivity contribution >= 4 is 17.6 Å². The van der Waals surface area contributed by atoms with Crippen molar-refractivity contribution in [1.29, 1.82) is 5.26 Å². The molecule has 0 bridgehead atoms. The van der Waals surface area contributed by atoms with Gasteiger partial charge in [0.2, 0.25) is 0 Å². The van der Waals surface area contributed by atoms with Crippen molar-refractivity contribution in [2.75, 3.05) is 0 Å². The molecule has 0 aliphatic rings. The monoisotopic (exact) mass is 261 g/mol. The lowest BCUT2D eigenvalue weighted by atomic mass is 10.1. The van der Waals surface area contributed by atoms with E-state index in [-0.39, 0.29) is 10.7 Å². The van der Waals surface area contributed by atoms with E-state index in [1.165, 1.54) is 11.7 Å². The van der Waals surface area contributed by atoms with Crippen molar-refractivity contribution in [3.8, 4) is 17.3 Å². The molecule has 2 rings (SSSR count). The molecule has 5 nitrogen and oxygen atoms in total. The highest BCUT2D eigenvalue weighted by molar-refractivity contribution is 6.35. The van der Waals surface area contributed by atoms with Crippen LogP contribution in [0, 0.1) is 11.3 Å². The predicted molar refractivity (Wildman–Crippen MR) is 65.3 cm³/mol. The Morgan fingerprint density at radius 2 is 2.06 bits per heavy atom. The van der Waals surface area contributed by atoms with Crippen LogP contribution in [0.25, 0.3) is 11.3 Å². The van der Waals surface area contributed by atoms with Crippen LogP contribution >= 0.6 is 11.6 Å². The third-order valence-corrected chi connectivity index (χ3v) is 2.84. The minimum absolute atomic E-state index is 0.0592. The molecule has 0 aliphatic carbocycles. The Kier molecular flexibility index (Phi) is 3.04. The number of hydrogen-bond donors (Lipinski definition) is 1. The van der Waals surface area contributed by atoms with E-state index < -0.39 is 5.97 Å². The van der Waals surface area contributed by atoms with Gasteiger partial charge in [-0.05, 0) is 12.1 Å². The molecule has 0 fully saturated rings.